The number of aryl methyl sites for hydroxylation is 2. The Kier molecular flexibility index (Phi) is 7.74. The summed E-state index contributed by atoms with van der Waals surface area (Å²) in [6.07, 6.45) is 6.25. The number of aliphatic hydroxyl groups is 2. The lowest BCUT2D eigenvalue weighted by Gasteiger charge is -1.98. The third-order valence-corrected chi connectivity index (χ3v) is 1.98. The van der Waals surface area contributed by atoms with E-state index in [0.717, 1.165) is 31.6 Å². The molecule has 0 atom stereocenters. The molecule has 0 aliphatic heterocycles. The van der Waals surface area contributed by atoms with Gasteiger partial charge in [-0.2, -0.15) is 0 Å². The summed E-state index contributed by atoms with van der Waals surface area (Å²) in [5, 5.41) is 17.3. The average Bonchev–Trinajstić information content (AvgIpc) is 2.59. The minimum absolute atomic E-state index is 0. The van der Waals surface area contributed by atoms with E-state index in [9.17, 15) is 0 Å². The van der Waals surface area contributed by atoms with Crippen molar-refractivity contribution in [2.45, 2.75) is 25.8 Å². The van der Waals surface area contributed by atoms with Gasteiger partial charge in [-0.05, 0) is 6.42 Å². The van der Waals surface area contributed by atoms with Crippen molar-refractivity contribution < 1.29 is 31.8 Å². The maximum Gasteiger partial charge on any atom is 0.254 e. The third-order valence-electron chi connectivity index (χ3n) is 1.98. The predicted molar refractivity (Wildman–Crippen MR) is 48.1 cm³/mol. The van der Waals surface area contributed by atoms with Gasteiger partial charge in [0.1, 0.15) is 12.4 Å². The van der Waals surface area contributed by atoms with Crippen molar-refractivity contribution >= 4 is 0 Å². The van der Waals surface area contributed by atoms with Crippen molar-refractivity contribution in [2.24, 2.45) is 0 Å². The van der Waals surface area contributed by atoms with Gasteiger partial charge in [0.25, 0.3) is 5.82 Å². The Balaban J connectivity index is 0.00000169. The molecule has 0 aliphatic carbocycles. The van der Waals surface area contributed by atoms with Crippen LogP contribution < -0.4 is 21.5 Å². The molecule has 0 spiro atoms. The van der Waals surface area contributed by atoms with Gasteiger partial charge < -0.3 is 27.2 Å². The second-order valence-electron chi connectivity index (χ2n) is 3.00. The SMILES string of the molecule is OCCCc1[nH]cc[n+]1CCCO.[Br-]. The number of aliphatic hydroxyl groups excluding tert-OH is 2. The summed E-state index contributed by atoms with van der Waals surface area (Å²) in [6.45, 7) is 1.28. The standard InChI is InChI=1S/C9H16N2O2.BrH/c12-7-1-3-9-10-4-6-11(9)5-2-8-13;/h4,6,12-13H,1-3,5,7-8H2;1H. The summed E-state index contributed by atoms with van der Waals surface area (Å²) in [7, 11) is 0. The van der Waals surface area contributed by atoms with Gasteiger partial charge in [-0.15, -0.1) is 0 Å². The van der Waals surface area contributed by atoms with Crippen LogP contribution in [-0.4, -0.2) is 28.4 Å². The van der Waals surface area contributed by atoms with Crippen LogP contribution in [0.4, 0.5) is 0 Å². The zero-order valence-electron chi connectivity index (χ0n) is 8.12. The molecule has 82 valence electrons. The van der Waals surface area contributed by atoms with Crippen LogP contribution in [0.15, 0.2) is 12.4 Å². The summed E-state index contributed by atoms with van der Waals surface area (Å²) < 4.78 is 2.08. The first-order chi connectivity index (χ1) is 6.38. The fourth-order valence-corrected chi connectivity index (χ4v) is 1.31. The molecule has 4 nitrogen and oxygen atoms in total. The summed E-state index contributed by atoms with van der Waals surface area (Å²) in [6, 6.07) is 0. The first-order valence-corrected chi connectivity index (χ1v) is 4.66. The third kappa shape index (κ3) is 4.21. The second-order valence-corrected chi connectivity index (χ2v) is 3.00. The monoisotopic (exact) mass is 264 g/mol. The molecule has 5 heteroatoms. The van der Waals surface area contributed by atoms with Crippen molar-refractivity contribution in [1.29, 1.82) is 0 Å². The number of aromatic amines is 1. The van der Waals surface area contributed by atoms with E-state index in [0.29, 0.717) is 0 Å². The van der Waals surface area contributed by atoms with Crippen LogP contribution in [0, 0.1) is 0 Å². The topological polar surface area (TPSA) is 60.1 Å². The maximum atomic E-state index is 8.67. The molecule has 0 amide bonds. The number of halogens is 1. The van der Waals surface area contributed by atoms with Gasteiger partial charge in [0.15, 0.2) is 0 Å². The molecule has 0 saturated carbocycles. The lowest BCUT2D eigenvalue weighted by Crippen LogP contribution is -3.00. The average molecular weight is 265 g/mol. The molecule has 0 saturated heterocycles. The Morgan fingerprint density at radius 1 is 1.21 bits per heavy atom. The summed E-state index contributed by atoms with van der Waals surface area (Å²) in [5.74, 6) is 1.11. The zero-order valence-corrected chi connectivity index (χ0v) is 9.70. The highest BCUT2D eigenvalue weighted by atomic mass is 79.9. The van der Waals surface area contributed by atoms with E-state index in [2.05, 4.69) is 9.55 Å². The first-order valence-electron chi connectivity index (χ1n) is 4.66. The van der Waals surface area contributed by atoms with E-state index in [4.69, 9.17) is 10.2 Å². The smallest absolute Gasteiger partial charge is 0.254 e. The molecular weight excluding hydrogens is 248 g/mol. The van der Waals surface area contributed by atoms with E-state index < -0.39 is 0 Å². The van der Waals surface area contributed by atoms with Gasteiger partial charge in [0.2, 0.25) is 0 Å². The molecule has 1 heterocycles. The van der Waals surface area contributed by atoms with E-state index in [1.165, 1.54) is 0 Å². The molecule has 0 aromatic carbocycles. The van der Waals surface area contributed by atoms with Gasteiger partial charge in [0.05, 0.1) is 13.0 Å². The summed E-state index contributed by atoms with van der Waals surface area (Å²) >= 11 is 0. The minimum atomic E-state index is 0. The fraction of sp³-hybridized carbons (Fsp3) is 0.667. The van der Waals surface area contributed by atoms with Crippen LogP contribution in [0.5, 0.6) is 0 Å². The number of hydrogen-bond acceptors (Lipinski definition) is 2. The number of nitrogens with zero attached hydrogens (tertiary/aromatic N) is 1. The maximum absolute atomic E-state index is 8.67. The number of hydrogen-bond donors (Lipinski definition) is 3. The van der Waals surface area contributed by atoms with Crippen LogP contribution in [0.2, 0.25) is 0 Å². The molecular formula is C9H17BrN2O2. The summed E-state index contributed by atoms with van der Waals surface area (Å²) in [4.78, 5) is 3.12. The van der Waals surface area contributed by atoms with Gasteiger partial charge in [-0.3, -0.25) is 0 Å². The van der Waals surface area contributed by atoms with E-state index >= 15 is 0 Å². The van der Waals surface area contributed by atoms with Crippen LogP contribution in [0.25, 0.3) is 0 Å². The zero-order chi connectivity index (χ0) is 9.52. The molecule has 1 rings (SSSR count). The number of aromatic nitrogens is 2. The second kappa shape index (κ2) is 7.96. The van der Waals surface area contributed by atoms with Gasteiger partial charge in [-0.25, -0.2) is 9.55 Å². The van der Waals surface area contributed by atoms with Crippen molar-refractivity contribution in [3.05, 3.63) is 18.2 Å². The van der Waals surface area contributed by atoms with E-state index in [-0.39, 0.29) is 30.2 Å². The van der Waals surface area contributed by atoms with Crippen LogP contribution in [0.1, 0.15) is 18.7 Å². The van der Waals surface area contributed by atoms with Gasteiger partial charge in [-0.1, -0.05) is 0 Å². The Morgan fingerprint density at radius 3 is 2.57 bits per heavy atom. The first kappa shape index (κ1) is 13.6. The highest BCUT2D eigenvalue weighted by molar-refractivity contribution is 4.77. The number of H-pyrrole nitrogens is 1. The van der Waals surface area contributed by atoms with Gasteiger partial charge >= 0.3 is 0 Å². The molecule has 0 bridgehead atoms. The Morgan fingerprint density at radius 2 is 1.93 bits per heavy atom. The Bertz CT molecular complexity index is 218. The van der Waals surface area contributed by atoms with Crippen molar-refractivity contribution in [1.82, 2.24) is 4.98 Å². The summed E-state index contributed by atoms with van der Waals surface area (Å²) in [5.41, 5.74) is 0. The highest BCUT2D eigenvalue weighted by Gasteiger charge is 2.08. The number of imidazole rings is 1. The lowest BCUT2D eigenvalue weighted by molar-refractivity contribution is -0.703. The Labute approximate surface area is 94.4 Å². The molecule has 0 fully saturated rings. The minimum Gasteiger partial charge on any atom is -1.00 e. The quantitative estimate of drug-likeness (QED) is 0.470. The molecule has 1 aromatic heterocycles. The van der Waals surface area contributed by atoms with Crippen molar-refractivity contribution in [2.75, 3.05) is 13.2 Å². The molecule has 0 unspecified atom stereocenters. The predicted octanol–water partition coefficient (Wildman–Crippen LogP) is -3.39. The van der Waals surface area contributed by atoms with Crippen LogP contribution in [-0.2, 0) is 13.0 Å². The highest BCUT2D eigenvalue weighted by Crippen LogP contribution is 1.93. The molecule has 0 radical (unpaired) electrons. The largest absolute Gasteiger partial charge is 1.00 e. The fourth-order valence-electron chi connectivity index (χ4n) is 1.31. The lowest BCUT2D eigenvalue weighted by atomic mass is 10.3. The van der Waals surface area contributed by atoms with Crippen LogP contribution >= 0.6 is 0 Å². The van der Waals surface area contributed by atoms with Crippen molar-refractivity contribution in [3.63, 3.8) is 0 Å². The van der Waals surface area contributed by atoms with Gasteiger partial charge in [0, 0.05) is 19.6 Å². The number of rotatable bonds is 6. The Hall–Kier alpha value is -0.390. The molecule has 0 aliphatic rings. The van der Waals surface area contributed by atoms with E-state index in [1.54, 1.807) is 0 Å². The molecule has 14 heavy (non-hydrogen) atoms. The van der Waals surface area contributed by atoms with Crippen molar-refractivity contribution in [3.8, 4) is 0 Å². The normalized spacial score (nSPS) is 9.86. The molecule has 3 N–H and O–H groups in total. The molecule has 1 aromatic rings. The van der Waals surface area contributed by atoms with Crippen LogP contribution in [0.3, 0.4) is 0 Å². The number of nitrogens with one attached hydrogen (secondary N) is 1. The van der Waals surface area contributed by atoms with E-state index in [1.807, 2.05) is 12.4 Å².